The zero-order valence-corrected chi connectivity index (χ0v) is 16.2. The smallest absolute Gasteiger partial charge is 0.105 e. The number of fused-ring (bicyclic) bond motifs is 5. The third kappa shape index (κ3) is 2.70. The highest BCUT2D eigenvalue weighted by molar-refractivity contribution is 5.87. The number of aryl methyl sites for hydroxylation is 1. The summed E-state index contributed by atoms with van der Waals surface area (Å²) in [5.41, 5.74) is 5.48. The molecule has 1 N–H and O–H groups in total. The Bertz CT molecular complexity index is 990. The number of aliphatic hydroxyl groups is 1. The standard InChI is InChI=1S/C23H27N3O/c1-16-5-6-20-19(14-16)18-9-13-25-12-3-4-21(25)22(18)26(20)15-23(2,27)17-7-10-24-11-8-17/h5-8,10-11,14,21,27H,3-4,9,12-13,15H2,1-2H3. The minimum absolute atomic E-state index is 0.495. The second kappa shape index (κ2) is 6.18. The molecule has 4 heteroatoms. The Hall–Kier alpha value is -2.17. The lowest BCUT2D eigenvalue weighted by Crippen LogP contribution is -2.34. The number of aromatic nitrogens is 2. The molecule has 1 fully saturated rings. The first-order chi connectivity index (χ1) is 13.0. The molecule has 2 aliphatic rings. The molecule has 1 saturated heterocycles. The number of nitrogens with zero attached hydrogens (tertiary/aromatic N) is 3. The molecule has 2 unspecified atom stereocenters. The molecule has 0 radical (unpaired) electrons. The Morgan fingerprint density at radius 3 is 2.81 bits per heavy atom. The van der Waals surface area contributed by atoms with Crippen molar-refractivity contribution < 1.29 is 5.11 Å². The predicted molar refractivity (Wildman–Crippen MR) is 108 cm³/mol. The van der Waals surface area contributed by atoms with Crippen LogP contribution < -0.4 is 0 Å². The van der Waals surface area contributed by atoms with Gasteiger partial charge in [-0.3, -0.25) is 9.88 Å². The average molecular weight is 361 g/mol. The maximum Gasteiger partial charge on any atom is 0.105 e. The van der Waals surface area contributed by atoms with E-state index < -0.39 is 5.60 Å². The van der Waals surface area contributed by atoms with Crippen LogP contribution in [0.1, 0.15) is 48.2 Å². The first-order valence-corrected chi connectivity index (χ1v) is 10.0. The van der Waals surface area contributed by atoms with E-state index in [9.17, 15) is 5.11 Å². The highest BCUT2D eigenvalue weighted by Crippen LogP contribution is 2.43. The van der Waals surface area contributed by atoms with Crippen molar-refractivity contribution in [3.05, 3.63) is 65.1 Å². The Morgan fingerprint density at radius 2 is 2.00 bits per heavy atom. The fourth-order valence-electron chi connectivity index (χ4n) is 5.14. The van der Waals surface area contributed by atoms with Crippen molar-refractivity contribution >= 4 is 10.9 Å². The van der Waals surface area contributed by atoms with Crippen LogP contribution in [-0.2, 0) is 18.6 Å². The van der Waals surface area contributed by atoms with Crippen molar-refractivity contribution in [3.8, 4) is 0 Å². The summed E-state index contributed by atoms with van der Waals surface area (Å²) >= 11 is 0. The van der Waals surface area contributed by atoms with Crippen LogP contribution in [-0.4, -0.2) is 32.6 Å². The van der Waals surface area contributed by atoms with Crippen molar-refractivity contribution in [3.63, 3.8) is 0 Å². The van der Waals surface area contributed by atoms with Crippen molar-refractivity contribution in [1.29, 1.82) is 0 Å². The van der Waals surface area contributed by atoms with E-state index in [-0.39, 0.29) is 0 Å². The van der Waals surface area contributed by atoms with Gasteiger partial charge in [-0.1, -0.05) is 11.6 Å². The summed E-state index contributed by atoms with van der Waals surface area (Å²) in [5, 5.41) is 12.7. The third-order valence-corrected chi connectivity index (χ3v) is 6.46. The summed E-state index contributed by atoms with van der Waals surface area (Å²) in [6.07, 6.45) is 7.12. The van der Waals surface area contributed by atoms with Crippen molar-refractivity contribution in [2.24, 2.45) is 0 Å². The maximum absolute atomic E-state index is 11.4. The Kier molecular flexibility index (Phi) is 3.88. The van der Waals surface area contributed by atoms with Crippen LogP contribution in [0.2, 0.25) is 0 Å². The van der Waals surface area contributed by atoms with Gasteiger partial charge >= 0.3 is 0 Å². The second-order valence-electron chi connectivity index (χ2n) is 8.42. The molecule has 0 saturated carbocycles. The quantitative estimate of drug-likeness (QED) is 0.768. The van der Waals surface area contributed by atoms with Gasteiger partial charge in [0, 0.05) is 35.5 Å². The molecule has 4 heterocycles. The molecule has 4 nitrogen and oxygen atoms in total. The maximum atomic E-state index is 11.4. The summed E-state index contributed by atoms with van der Waals surface area (Å²) in [5.74, 6) is 0. The van der Waals surface area contributed by atoms with Crippen LogP contribution in [0, 0.1) is 6.92 Å². The molecule has 3 aromatic rings. The molecular formula is C23H27N3O. The molecule has 5 rings (SSSR count). The molecule has 2 aromatic heterocycles. The molecular weight excluding hydrogens is 334 g/mol. The average Bonchev–Trinajstić information content (AvgIpc) is 3.25. The fourth-order valence-corrected chi connectivity index (χ4v) is 5.14. The van der Waals surface area contributed by atoms with Gasteiger partial charge in [0.15, 0.2) is 0 Å². The Labute approximate surface area is 160 Å². The van der Waals surface area contributed by atoms with Gasteiger partial charge in [0.05, 0.1) is 12.6 Å². The van der Waals surface area contributed by atoms with Crippen LogP contribution in [0.4, 0.5) is 0 Å². The zero-order chi connectivity index (χ0) is 18.6. The normalized spacial score (nSPS) is 21.8. The van der Waals surface area contributed by atoms with Crippen molar-refractivity contribution in [2.45, 2.75) is 51.3 Å². The van der Waals surface area contributed by atoms with Gasteiger partial charge in [-0.15, -0.1) is 0 Å². The van der Waals surface area contributed by atoms with Gasteiger partial charge in [-0.2, -0.15) is 0 Å². The van der Waals surface area contributed by atoms with Crippen molar-refractivity contribution in [2.75, 3.05) is 13.1 Å². The summed E-state index contributed by atoms with van der Waals surface area (Å²) in [6, 6.07) is 11.1. The van der Waals surface area contributed by atoms with E-state index in [4.69, 9.17) is 0 Å². The third-order valence-electron chi connectivity index (χ3n) is 6.46. The minimum atomic E-state index is -0.936. The largest absolute Gasteiger partial charge is 0.384 e. The highest BCUT2D eigenvalue weighted by atomic mass is 16.3. The van der Waals surface area contributed by atoms with E-state index in [2.05, 4.69) is 39.6 Å². The molecule has 2 atom stereocenters. The SMILES string of the molecule is Cc1ccc2c(c1)c1c(n2CC(C)(O)c2ccncc2)C2CCCN2CC1. The number of hydrogen-bond acceptors (Lipinski definition) is 3. The van der Waals surface area contributed by atoms with Crippen LogP contribution in [0.5, 0.6) is 0 Å². The summed E-state index contributed by atoms with van der Waals surface area (Å²) in [7, 11) is 0. The molecule has 2 aliphatic heterocycles. The van der Waals surface area contributed by atoms with Gasteiger partial charge in [0.1, 0.15) is 5.60 Å². The van der Waals surface area contributed by atoms with E-state index in [1.54, 1.807) is 12.4 Å². The van der Waals surface area contributed by atoms with Gasteiger partial charge in [0.25, 0.3) is 0 Å². The first kappa shape index (κ1) is 17.0. The van der Waals surface area contributed by atoms with Crippen LogP contribution in [0.15, 0.2) is 42.7 Å². The lowest BCUT2D eigenvalue weighted by molar-refractivity contribution is 0.0373. The van der Waals surface area contributed by atoms with Crippen LogP contribution in [0.25, 0.3) is 10.9 Å². The Balaban J connectivity index is 1.69. The lowest BCUT2D eigenvalue weighted by atomic mass is 9.95. The van der Waals surface area contributed by atoms with Crippen LogP contribution >= 0.6 is 0 Å². The number of rotatable bonds is 3. The van der Waals surface area contributed by atoms with E-state index in [1.807, 2.05) is 19.1 Å². The summed E-state index contributed by atoms with van der Waals surface area (Å²) in [6.45, 7) is 7.01. The first-order valence-electron chi connectivity index (χ1n) is 10.0. The van der Waals surface area contributed by atoms with Gasteiger partial charge in [-0.05, 0) is 75.0 Å². The highest BCUT2D eigenvalue weighted by Gasteiger charge is 2.37. The van der Waals surface area contributed by atoms with E-state index in [0.717, 1.165) is 18.5 Å². The monoisotopic (exact) mass is 361 g/mol. The minimum Gasteiger partial charge on any atom is -0.384 e. The molecule has 0 amide bonds. The van der Waals surface area contributed by atoms with E-state index in [0.29, 0.717) is 12.6 Å². The van der Waals surface area contributed by atoms with Crippen LogP contribution in [0.3, 0.4) is 0 Å². The molecule has 0 aliphatic carbocycles. The van der Waals surface area contributed by atoms with E-state index in [1.165, 1.54) is 47.1 Å². The topological polar surface area (TPSA) is 41.3 Å². The fraction of sp³-hybridized carbons (Fsp3) is 0.435. The summed E-state index contributed by atoms with van der Waals surface area (Å²) < 4.78 is 2.41. The molecule has 0 bridgehead atoms. The zero-order valence-electron chi connectivity index (χ0n) is 16.2. The number of pyridine rings is 1. The van der Waals surface area contributed by atoms with Crippen molar-refractivity contribution in [1.82, 2.24) is 14.5 Å². The van der Waals surface area contributed by atoms with Gasteiger partial charge in [-0.25, -0.2) is 0 Å². The molecule has 1 aromatic carbocycles. The Morgan fingerprint density at radius 1 is 1.19 bits per heavy atom. The number of hydrogen-bond donors (Lipinski definition) is 1. The lowest BCUT2D eigenvalue weighted by Gasteiger charge is -2.33. The van der Waals surface area contributed by atoms with Gasteiger partial charge in [0.2, 0.25) is 0 Å². The number of benzene rings is 1. The van der Waals surface area contributed by atoms with Gasteiger partial charge < -0.3 is 9.67 Å². The molecule has 140 valence electrons. The second-order valence-corrected chi connectivity index (χ2v) is 8.42. The summed E-state index contributed by atoms with van der Waals surface area (Å²) in [4.78, 5) is 6.74. The van der Waals surface area contributed by atoms with E-state index >= 15 is 0 Å². The molecule has 27 heavy (non-hydrogen) atoms. The predicted octanol–water partition coefficient (Wildman–Crippen LogP) is 3.95. The molecule has 0 spiro atoms.